The number of carbonyl (C=O) groups is 2. The third-order valence-electron chi connectivity index (χ3n) is 6.22. The maximum Gasteiger partial charge on any atom is 0.343 e. The maximum atomic E-state index is 13.3. The van der Waals surface area contributed by atoms with Crippen molar-refractivity contribution in [2.75, 3.05) is 7.11 Å². The Labute approximate surface area is 254 Å². The molecule has 5 aromatic rings. The van der Waals surface area contributed by atoms with E-state index in [0.717, 1.165) is 15.4 Å². The number of aryl methyl sites for hydroxylation is 1. The SMILES string of the molecule is COc1cc(C=NNC(=O)c2[nH]c3c(Cl)cc(Br)cc3c2-c2ccccc2Cl)ccc1OC(=O)c1cccc(C)c1. The van der Waals surface area contributed by atoms with E-state index in [0.29, 0.717) is 43.6 Å². The van der Waals surface area contributed by atoms with E-state index in [4.69, 9.17) is 32.7 Å². The molecule has 1 amide bonds. The van der Waals surface area contributed by atoms with Gasteiger partial charge in [-0.2, -0.15) is 5.10 Å². The Balaban J connectivity index is 1.39. The number of H-pyrrole nitrogens is 1. The van der Waals surface area contributed by atoms with Crippen LogP contribution in [0.3, 0.4) is 0 Å². The lowest BCUT2D eigenvalue weighted by molar-refractivity contribution is 0.0729. The second kappa shape index (κ2) is 12.2. The normalized spacial score (nSPS) is 11.1. The molecule has 0 fully saturated rings. The van der Waals surface area contributed by atoms with E-state index in [9.17, 15) is 9.59 Å². The number of nitrogens with zero attached hydrogens (tertiary/aromatic N) is 1. The van der Waals surface area contributed by atoms with Gasteiger partial charge in [-0.05, 0) is 61.0 Å². The van der Waals surface area contributed by atoms with Gasteiger partial charge in [0.1, 0.15) is 5.69 Å². The Morgan fingerprint density at radius 1 is 0.951 bits per heavy atom. The van der Waals surface area contributed by atoms with Crippen LogP contribution in [0.4, 0.5) is 0 Å². The molecule has 1 heterocycles. The molecule has 4 aromatic carbocycles. The third kappa shape index (κ3) is 6.15. The zero-order valence-corrected chi connectivity index (χ0v) is 24.9. The van der Waals surface area contributed by atoms with E-state index in [-0.39, 0.29) is 11.4 Å². The molecular formula is C31H22BrCl2N3O4. The molecule has 0 spiro atoms. The van der Waals surface area contributed by atoms with Gasteiger partial charge in [-0.1, -0.05) is 75.0 Å². The second-order valence-electron chi connectivity index (χ2n) is 9.03. The van der Waals surface area contributed by atoms with Crippen molar-refractivity contribution in [1.29, 1.82) is 0 Å². The van der Waals surface area contributed by atoms with E-state index in [1.165, 1.54) is 13.3 Å². The fourth-order valence-corrected chi connectivity index (χ4v) is 5.42. The van der Waals surface area contributed by atoms with Gasteiger partial charge in [0.25, 0.3) is 5.91 Å². The molecule has 2 N–H and O–H groups in total. The van der Waals surface area contributed by atoms with Crippen LogP contribution in [0.2, 0.25) is 10.0 Å². The average Bonchev–Trinajstić information content (AvgIpc) is 3.33. The highest BCUT2D eigenvalue weighted by Crippen LogP contribution is 2.40. The monoisotopic (exact) mass is 649 g/mol. The zero-order valence-electron chi connectivity index (χ0n) is 21.8. The minimum atomic E-state index is -0.500. The summed E-state index contributed by atoms with van der Waals surface area (Å²) in [5.41, 5.74) is 6.66. The van der Waals surface area contributed by atoms with E-state index in [1.807, 2.05) is 37.3 Å². The fraction of sp³-hybridized carbons (Fsp3) is 0.0645. The molecule has 0 radical (unpaired) electrons. The molecule has 0 aliphatic rings. The summed E-state index contributed by atoms with van der Waals surface area (Å²) in [5, 5.41) is 5.78. The van der Waals surface area contributed by atoms with Crippen molar-refractivity contribution in [3.63, 3.8) is 0 Å². The van der Waals surface area contributed by atoms with Crippen LogP contribution in [0.5, 0.6) is 11.5 Å². The number of benzene rings is 4. The predicted octanol–water partition coefficient (Wildman–Crippen LogP) is 8.20. The number of hydrazone groups is 1. The number of carbonyl (C=O) groups excluding carboxylic acids is 2. The van der Waals surface area contributed by atoms with Gasteiger partial charge >= 0.3 is 5.97 Å². The molecule has 0 saturated carbocycles. The number of rotatable bonds is 7. The number of nitrogens with one attached hydrogen (secondary N) is 2. The average molecular weight is 651 g/mol. The standard InChI is InChI=1S/C31H22BrCl2N3O4/c1-17-6-5-7-19(12-17)31(39)41-25-11-10-18(13-26(25)40-2)16-35-37-30(38)29-27(21-8-3-4-9-23(21)33)22-14-20(32)15-24(34)28(22)36-29/h3-16,36H,1-2H3,(H,37,38). The van der Waals surface area contributed by atoms with E-state index in [2.05, 4.69) is 31.4 Å². The summed E-state index contributed by atoms with van der Waals surface area (Å²) in [7, 11) is 1.47. The topological polar surface area (TPSA) is 92.8 Å². The third-order valence-corrected chi connectivity index (χ3v) is 7.30. The van der Waals surface area contributed by atoms with Crippen molar-refractivity contribution in [3.8, 4) is 22.6 Å². The first-order chi connectivity index (χ1) is 19.7. The van der Waals surface area contributed by atoms with Gasteiger partial charge in [0, 0.05) is 26.0 Å². The highest BCUT2D eigenvalue weighted by Gasteiger charge is 2.22. The molecule has 0 atom stereocenters. The highest BCUT2D eigenvalue weighted by atomic mass is 79.9. The molecule has 206 valence electrons. The number of aromatic nitrogens is 1. The Hall–Kier alpha value is -4.11. The zero-order chi connectivity index (χ0) is 29.1. The van der Waals surface area contributed by atoms with Gasteiger partial charge in [-0.15, -0.1) is 0 Å². The number of fused-ring (bicyclic) bond motifs is 1. The minimum Gasteiger partial charge on any atom is -0.493 e. The predicted molar refractivity (Wildman–Crippen MR) is 166 cm³/mol. The first-order valence-electron chi connectivity index (χ1n) is 12.3. The van der Waals surface area contributed by atoms with Crippen LogP contribution in [0.1, 0.15) is 32.0 Å². The summed E-state index contributed by atoms with van der Waals surface area (Å²) in [6, 6.07) is 22.9. The number of hydrogen-bond donors (Lipinski definition) is 2. The molecule has 0 aliphatic heterocycles. The lowest BCUT2D eigenvalue weighted by atomic mass is 10.0. The van der Waals surface area contributed by atoms with Crippen molar-refractivity contribution in [3.05, 3.63) is 116 Å². The molecule has 5 rings (SSSR count). The number of esters is 1. The summed E-state index contributed by atoms with van der Waals surface area (Å²) in [5.74, 6) is -0.403. The quantitative estimate of drug-likeness (QED) is 0.0804. The van der Waals surface area contributed by atoms with Crippen LogP contribution in [0.25, 0.3) is 22.0 Å². The summed E-state index contributed by atoms with van der Waals surface area (Å²) >= 11 is 16.5. The maximum absolute atomic E-state index is 13.3. The van der Waals surface area contributed by atoms with Gasteiger partial charge in [0.15, 0.2) is 11.5 Å². The fourth-order valence-electron chi connectivity index (χ4n) is 4.33. The largest absolute Gasteiger partial charge is 0.493 e. The van der Waals surface area contributed by atoms with Crippen molar-refractivity contribution in [1.82, 2.24) is 10.4 Å². The van der Waals surface area contributed by atoms with Crippen LogP contribution in [-0.4, -0.2) is 30.2 Å². The molecule has 41 heavy (non-hydrogen) atoms. The van der Waals surface area contributed by atoms with Gasteiger partial charge < -0.3 is 14.5 Å². The molecular weight excluding hydrogens is 629 g/mol. The van der Waals surface area contributed by atoms with Gasteiger partial charge in [-0.3, -0.25) is 4.79 Å². The van der Waals surface area contributed by atoms with Crippen LogP contribution < -0.4 is 14.9 Å². The summed E-state index contributed by atoms with van der Waals surface area (Å²) < 4.78 is 11.7. The highest BCUT2D eigenvalue weighted by molar-refractivity contribution is 9.10. The van der Waals surface area contributed by atoms with Crippen LogP contribution in [0.15, 0.2) is 88.4 Å². The van der Waals surface area contributed by atoms with Crippen molar-refractivity contribution < 1.29 is 19.1 Å². The van der Waals surface area contributed by atoms with E-state index in [1.54, 1.807) is 48.5 Å². The van der Waals surface area contributed by atoms with Crippen molar-refractivity contribution >= 4 is 68.1 Å². The summed E-state index contributed by atoms with van der Waals surface area (Å²) in [6.45, 7) is 1.90. The summed E-state index contributed by atoms with van der Waals surface area (Å²) in [6.07, 6.45) is 1.45. The first-order valence-corrected chi connectivity index (χ1v) is 13.9. The number of amides is 1. The first kappa shape index (κ1) is 28.4. The van der Waals surface area contributed by atoms with Crippen LogP contribution in [-0.2, 0) is 0 Å². The number of aromatic amines is 1. The number of halogens is 3. The molecule has 0 saturated heterocycles. The van der Waals surface area contributed by atoms with Crippen LogP contribution in [0, 0.1) is 6.92 Å². The molecule has 0 bridgehead atoms. The Bertz CT molecular complexity index is 1830. The second-order valence-corrected chi connectivity index (χ2v) is 10.8. The smallest absolute Gasteiger partial charge is 0.343 e. The minimum absolute atomic E-state index is 0.251. The number of ether oxygens (including phenoxy) is 2. The molecule has 0 aliphatic carbocycles. The number of methoxy groups -OCH3 is 1. The lowest BCUT2D eigenvalue weighted by Crippen LogP contribution is -2.19. The molecule has 7 nitrogen and oxygen atoms in total. The van der Waals surface area contributed by atoms with E-state index >= 15 is 0 Å². The van der Waals surface area contributed by atoms with Crippen LogP contribution >= 0.6 is 39.1 Å². The van der Waals surface area contributed by atoms with Crippen molar-refractivity contribution in [2.45, 2.75) is 6.92 Å². The molecule has 1 aromatic heterocycles. The Kier molecular flexibility index (Phi) is 8.44. The van der Waals surface area contributed by atoms with E-state index < -0.39 is 11.9 Å². The summed E-state index contributed by atoms with van der Waals surface area (Å²) in [4.78, 5) is 29.0. The molecule has 0 unspecified atom stereocenters. The van der Waals surface area contributed by atoms with Crippen molar-refractivity contribution in [2.24, 2.45) is 5.10 Å². The van der Waals surface area contributed by atoms with Gasteiger partial charge in [0.2, 0.25) is 0 Å². The van der Waals surface area contributed by atoms with Gasteiger partial charge in [-0.25, -0.2) is 10.2 Å². The van der Waals surface area contributed by atoms with Gasteiger partial charge in [0.05, 0.1) is 29.4 Å². The lowest BCUT2D eigenvalue weighted by Gasteiger charge is -2.10. The number of hydrogen-bond acceptors (Lipinski definition) is 5. The Morgan fingerprint density at radius 3 is 2.51 bits per heavy atom. The Morgan fingerprint density at radius 2 is 1.76 bits per heavy atom. The molecule has 10 heteroatoms.